The molecular weight excluding hydrogens is 429 g/mol. The number of rotatable bonds is 7. The van der Waals surface area contributed by atoms with Crippen molar-refractivity contribution in [3.8, 4) is 0 Å². The highest BCUT2D eigenvalue weighted by atomic mass is 35.5. The first-order valence-electron chi connectivity index (χ1n) is 9.49. The van der Waals surface area contributed by atoms with E-state index in [1.807, 2.05) is 20.8 Å². The van der Waals surface area contributed by atoms with E-state index >= 15 is 0 Å². The van der Waals surface area contributed by atoms with Crippen molar-refractivity contribution in [1.82, 2.24) is 15.5 Å². The van der Waals surface area contributed by atoms with E-state index in [9.17, 15) is 4.79 Å². The van der Waals surface area contributed by atoms with Gasteiger partial charge in [0.15, 0.2) is 5.82 Å². The topological polar surface area (TPSA) is 86.5 Å². The van der Waals surface area contributed by atoms with Crippen LogP contribution in [0, 0.1) is 0 Å². The summed E-state index contributed by atoms with van der Waals surface area (Å²) in [5.41, 5.74) is 3.20. The predicted molar refractivity (Wildman–Crippen MR) is 114 cm³/mol. The SMILES string of the molecule is CCc1noc(C2=C(C)NC(C)=C(C(=O)OCCOC)C2c2ccc(Cl)cc2Cl)n1. The zero-order chi connectivity index (χ0) is 21.8. The molecule has 2 aromatic rings. The molecule has 0 spiro atoms. The second-order valence-corrected chi connectivity index (χ2v) is 7.64. The second-order valence-electron chi connectivity index (χ2n) is 6.80. The van der Waals surface area contributed by atoms with Crippen LogP contribution in [0.2, 0.25) is 10.0 Å². The Morgan fingerprint density at radius 2 is 2.00 bits per heavy atom. The van der Waals surface area contributed by atoms with Crippen molar-refractivity contribution in [3.05, 3.63) is 62.5 Å². The van der Waals surface area contributed by atoms with Gasteiger partial charge in [-0.2, -0.15) is 4.98 Å². The van der Waals surface area contributed by atoms with Gasteiger partial charge in [0.1, 0.15) is 6.61 Å². The van der Waals surface area contributed by atoms with Crippen LogP contribution in [0.5, 0.6) is 0 Å². The summed E-state index contributed by atoms with van der Waals surface area (Å²) in [6, 6.07) is 5.16. The molecule has 1 unspecified atom stereocenters. The third-order valence-electron chi connectivity index (χ3n) is 4.79. The molecule has 0 saturated carbocycles. The van der Waals surface area contributed by atoms with E-state index in [0.29, 0.717) is 57.2 Å². The van der Waals surface area contributed by atoms with Gasteiger partial charge in [0.25, 0.3) is 5.89 Å². The van der Waals surface area contributed by atoms with Gasteiger partial charge in [-0.25, -0.2) is 4.79 Å². The Bertz CT molecular complexity index is 1010. The van der Waals surface area contributed by atoms with Crippen molar-refractivity contribution in [2.45, 2.75) is 33.1 Å². The third-order valence-corrected chi connectivity index (χ3v) is 5.35. The number of aromatic nitrogens is 2. The Morgan fingerprint density at radius 3 is 2.63 bits per heavy atom. The van der Waals surface area contributed by atoms with Crippen LogP contribution < -0.4 is 5.32 Å². The van der Waals surface area contributed by atoms with Crippen LogP contribution >= 0.6 is 23.2 Å². The first-order chi connectivity index (χ1) is 14.4. The Kier molecular flexibility index (Phi) is 7.18. The van der Waals surface area contributed by atoms with Gasteiger partial charge in [-0.15, -0.1) is 0 Å². The highest BCUT2D eigenvalue weighted by molar-refractivity contribution is 6.35. The molecule has 3 rings (SSSR count). The monoisotopic (exact) mass is 451 g/mol. The molecule has 160 valence electrons. The molecule has 1 aliphatic heterocycles. The van der Waals surface area contributed by atoms with Gasteiger partial charge in [0.05, 0.1) is 18.1 Å². The Morgan fingerprint density at radius 1 is 1.23 bits per heavy atom. The maximum atomic E-state index is 13.1. The van der Waals surface area contributed by atoms with Crippen LogP contribution in [0.3, 0.4) is 0 Å². The van der Waals surface area contributed by atoms with Crippen LogP contribution in [0.15, 0.2) is 39.7 Å². The van der Waals surface area contributed by atoms with Gasteiger partial charge in [-0.1, -0.05) is 41.3 Å². The van der Waals surface area contributed by atoms with Crippen LogP contribution in [0.4, 0.5) is 0 Å². The molecule has 1 aliphatic rings. The number of allylic oxidation sites excluding steroid dienone is 3. The molecule has 1 aromatic heterocycles. The summed E-state index contributed by atoms with van der Waals surface area (Å²) in [5.74, 6) is -0.158. The summed E-state index contributed by atoms with van der Waals surface area (Å²) in [5, 5.41) is 8.16. The lowest BCUT2D eigenvalue weighted by Crippen LogP contribution is -2.29. The van der Waals surface area contributed by atoms with Crippen LogP contribution in [0.1, 0.15) is 44.0 Å². The molecule has 0 bridgehead atoms. The summed E-state index contributed by atoms with van der Waals surface area (Å²) in [7, 11) is 1.54. The lowest BCUT2D eigenvalue weighted by molar-refractivity contribution is -0.140. The average molecular weight is 452 g/mol. The van der Waals surface area contributed by atoms with Crippen molar-refractivity contribution >= 4 is 34.7 Å². The summed E-state index contributed by atoms with van der Waals surface area (Å²) in [6.07, 6.45) is 0.621. The molecule has 1 N–H and O–H groups in total. The largest absolute Gasteiger partial charge is 0.460 e. The number of hydrogen-bond acceptors (Lipinski definition) is 7. The van der Waals surface area contributed by atoms with Gasteiger partial charge in [0, 0.05) is 40.5 Å². The minimum absolute atomic E-state index is 0.131. The van der Waals surface area contributed by atoms with Gasteiger partial charge in [0.2, 0.25) is 0 Å². The fourth-order valence-electron chi connectivity index (χ4n) is 3.40. The van der Waals surface area contributed by atoms with E-state index in [2.05, 4.69) is 15.5 Å². The number of carbonyl (C=O) groups is 1. The number of halogens is 2. The molecule has 1 atom stereocenters. The fourth-order valence-corrected chi connectivity index (χ4v) is 3.91. The maximum Gasteiger partial charge on any atom is 0.336 e. The van der Waals surface area contributed by atoms with Crippen LogP contribution in [-0.4, -0.2) is 36.4 Å². The zero-order valence-corrected chi connectivity index (χ0v) is 18.7. The molecule has 0 aliphatic carbocycles. The number of nitrogens with zero attached hydrogens (tertiary/aromatic N) is 2. The standard InChI is InChI=1S/C21H23Cl2N3O4/c1-5-16-25-20(30-26-16)17-11(2)24-12(3)18(21(27)29-9-8-28-4)19(17)14-7-6-13(22)10-15(14)23/h6-7,10,19,24H,5,8-9H2,1-4H3. The zero-order valence-electron chi connectivity index (χ0n) is 17.2. The van der Waals surface area contributed by atoms with E-state index in [1.54, 1.807) is 25.3 Å². The number of ether oxygens (including phenoxy) is 2. The molecule has 9 heteroatoms. The van der Waals surface area contributed by atoms with E-state index in [-0.39, 0.29) is 6.61 Å². The number of benzene rings is 1. The summed E-state index contributed by atoms with van der Waals surface area (Å²) in [6.45, 7) is 6.06. The Hall–Kier alpha value is -2.35. The number of carbonyl (C=O) groups excluding carboxylic acids is 1. The molecule has 0 fully saturated rings. The highest BCUT2D eigenvalue weighted by Crippen LogP contribution is 2.45. The van der Waals surface area contributed by atoms with Crippen LogP contribution in [-0.2, 0) is 20.7 Å². The van der Waals surface area contributed by atoms with Gasteiger partial charge >= 0.3 is 5.97 Å². The van der Waals surface area contributed by atoms with Crippen molar-refractivity contribution < 1.29 is 18.8 Å². The molecule has 7 nitrogen and oxygen atoms in total. The Labute approximate surface area is 185 Å². The molecular formula is C21H23Cl2N3O4. The van der Waals surface area contributed by atoms with Crippen LogP contribution in [0.25, 0.3) is 5.57 Å². The smallest absolute Gasteiger partial charge is 0.336 e. The lowest BCUT2D eigenvalue weighted by Gasteiger charge is -2.30. The molecule has 0 saturated heterocycles. The lowest BCUT2D eigenvalue weighted by atomic mass is 9.80. The number of hydrogen-bond donors (Lipinski definition) is 1. The average Bonchev–Trinajstić information content (AvgIpc) is 3.16. The number of aryl methyl sites for hydroxylation is 1. The first-order valence-corrected chi connectivity index (χ1v) is 10.2. The Balaban J connectivity index is 2.15. The van der Waals surface area contributed by atoms with Crippen molar-refractivity contribution in [2.24, 2.45) is 0 Å². The quantitative estimate of drug-likeness (QED) is 0.488. The number of methoxy groups -OCH3 is 1. The molecule has 0 amide bonds. The first kappa shape index (κ1) is 22.3. The molecule has 0 radical (unpaired) electrons. The minimum Gasteiger partial charge on any atom is -0.460 e. The number of esters is 1. The summed E-state index contributed by atoms with van der Waals surface area (Å²) in [4.78, 5) is 17.5. The third kappa shape index (κ3) is 4.53. The summed E-state index contributed by atoms with van der Waals surface area (Å²) >= 11 is 12.7. The highest BCUT2D eigenvalue weighted by Gasteiger charge is 2.38. The van der Waals surface area contributed by atoms with E-state index < -0.39 is 11.9 Å². The van der Waals surface area contributed by atoms with E-state index in [0.717, 1.165) is 5.70 Å². The van der Waals surface area contributed by atoms with Crippen molar-refractivity contribution in [3.63, 3.8) is 0 Å². The van der Waals surface area contributed by atoms with Crippen molar-refractivity contribution in [2.75, 3.05) is 20.3 Å². The fraction of sp³-hybridized carbons (Fsp3) is 0.381. The minimum atomic E-state index is -0.573. The number of nitrogens with one attached hydrogen (secondary N) is 1. The van der Waals surface area contributed by atoms with Gasteiger partial charge < -0.3 is 19.3 Å². The molecule has 1 aromatic carbocycles. The number of dihydropyridines is 1. The second kappa shape index (κ2) is 9.64. The molecule has 30 heavy (non-hydrogen) atoms. The maximum absolute atomic E-state index is 13.1. The summed E-state index contributed by atoms with van der Waals surface area (Å²) < 4.78 is 15.9. The van der Waals surface area contributed by atoms with Gasteiger partial charge in [-0.05, 0) is 31.5 Å². The van der Waals surface area contributed by atoms with E-state index in [1.165, 1.54) is 0 Å². The van der Waals surface area contributed by atoms with E-state index in [4.69, 9.17) is 37.2 Å². The van der Waals surface area contributed by atoms with Crippen molar-refractivity contribution in [1.29, 1.82) is 0 Å². The molecule has 2 heterocycles. The van der Waals surface area contributed by atoms with Gasteiger partial charge in [-0.3, -0.25) is 0 Å². The normalized spacial score (nSPS) is 16.7. The predicted octanol–water partition coefficient (Wildman–Crippen LogP) is 4.52.